The molecule has 1 aromatic rings. The van der Waals surface area contributed by atoms with Gasteiger partial charge in [-0.1, -0.05) is 0 Å². The second kappa shape index (κ2) is 4.18. The molecule has 1 heterocycles. The van der Waals surface area contributed by atoms with E-state index in [1.165, 1.54) is 22.1 Å². The lowest BCUT2D eigenvalue weighted by molar-refractivity contribution is 0.949. The number of nitrogens with zero attached hydrogens (tertiary/aromatic N) is 2. The zero-order valence-electron chi connectivity index (χ0n) is 7.83. The van der Waals surface area contributed by atoms with Crippen molar-refractivity contribution < 1.29 is 0 Å². The molecule has 0 aliphatic carbocycles. The van der Waals surface area contributed by atoms with Crippen LogP contribution in [0.3, 0.4) is 0 Å². The van der Waals surface area contributed by atoms with Crippen molar-refractivity contribution in [2.75, 3.05) is 18.0 Å². The number of hydrogen-bond acceptors (Lipinski definition) is 2. The van der Waals surface area contributed by atoms with Crippen LogP contribution >= 0.6 is 22.6 Å². The zero-order valence-corrected chi connectivity index (χ0v) is 9.99. The van der Waals surface area contributed by atoms with E-state index in [-0.39, 0.29) is 0 Å². The quantitative estimate of drug-likeness (QED) is 0.745. The summed E-state index contributed by atoms with van der Waals surface area (Å²) < 4.78 is 1.18. The second-order valence-corrected chi connectivity index (χ2v) is 4.63. The molecule has 1 aliphatic heterocycles. The number of hydrogen-bond donors (Lipinski definition) is 0. The van der Waals surface area contributed by atoms with Crippen molar-refractivity contribution in [1.82, 2.24) is 0 Å². The number of rotatable bonds is 1. The van der Waals surface area contributed by atoms with Crippen molar-refractivity contribution in [1.29, 1.82) is 5.26 Å². The van der Waals surface area contributed by atoms with Crippen LogP contribution in [0.2, 0.25) is 0 Å². The van der Waals surface area contributed by atoms with E-state index in [4.69, 9.17) is 5.26 Å². The molecule has 0 spiro atoms. The molecule has 0 radical (unpaired) electrons. The summed E-state index contributed by atoms with van der Waals surface area (Å²) in [6.45, 7) is 2.31. The molecule has 0 bridgehead atoms. The van der Waals surface area contributed by atoms with Gasteiger partial charge in [-0.25, -0.2) is 0 Å². The summed E-state index contributed by atoms with van der Waals surface area (Å²) in [7, 11) is 0. The van der Waals surface area contributed by atoms with Gasteiger partial charge in [0.1, 0.15) is 0 Å². The fourth-order valence-electron chi connectivity index (χ4n) is 1.79. The van der Waals surface area contributed by atoms with Crippen molar-refractivity contribution in [2.24, 2.45) is 0 Å². The van der Waals surface area contributed by atoms with Crippen molar-refractivity contribution in [3.8, 4) is 6.07 Å². The highest BCUT2D eigenvalue weighted by molar-refractivity contribution is 14.1. The van der Waals surface area contributed by atoms with E-state index in [2.05, 4.69) is 39.6 Å². The summed E-state index contributed by atoms with van der Waals surface area (Å²) in [5.41, 5.74) is 2.03. The first-order chi connectivity index (χ1) is 6.81. The molecule has 0 atom stereocenters. The van der Waals surface area contributed by atoms with E-state index < -0.39 is 0 Å². The lowest BCUT2D eigenvalue weighted by Crippen LogP contribution is -2.18. The molecule has 1 aliphatic rings. The summed E-state index contributed by atoms with van der Waals surface area (Å²) in [5.74, 6) is 0. The van der Waals surface area contributed by atoms with Crippen molar-refractivity contribution in [2.45, 2.75) is 12.8 Å². The molecule has 0 unspecified atom stereocenters. The lowest BCUT2D eigenvalue weighted by Gasteiger charge is -2.19. The molecule has 1 fully saturated rings. The molecular weight excluding hydrogens is 287 g/mol. The predicted octanol–water partition coefficient (Wildman–Crippen LogP) is 2.76. The van der Waals surface area contributed by atoms with E-state index in [1.807, 2.05) is 12.1 Å². The molecule has 0 amide bonds. The zero-order chi connectivity index (χ0) is 9.97. The Kier molecular flexibility index (Phi) is 2.92. The number of benzene rings is 1. The Morgan fingerprint density at radius 2 is 2.00 bits per heavy atom. The lowest BCUT2D eigenvalue weighted by atomic mass is 10.2. The molecule has 0 N–H and O–H groups in total. The first-order valence-corrected chi connectivity index (χ1v) is 5.84. The van der Waals surface area contributed by atoms with Crippen LogP contribution in [0.15, 0.2) is 18.2 Å². The van der Waals surface area contributed by atoms with E-state index in [1.54, 1.807) is 0 Å². The smallest absolute Gasteiger partial charge is 0.0992 e. The SMILES string of the molecule is N#Cc1ccc(N2CCCC2)c(I)c1. The summed E-state index contributed by atoms with van der Waals surface area (Å²) in [6, 6.07) is 8.07. The predicted molar refractivity (Wildman–Crippen MR) is 65.3 cm³/mol. The minimum Gasteiger partial charge on any atom is -0.371 e. The Balaban J connectivity index is 2.30. The minimum atomic E-state index is 0.748. The summed E-state index contributed by atoms with van der Waals surface area (Å²) in [4.78, 5) is 2.39. The summed E-state index contributed by atoms with van der Waals surface area (Å²) >= 11 is 2.31. The average Bonchev–Trinajstić information content (AvgIpc) is 2.70. The first kappa shape index (κ1) is 9.78. The third-order valence-electron chi connectivity index (χ3n) is 2.52. The molecule has 1 aromatic carbocycles. The van der Waals surface area contributed by atoms with E-state index >= 15 is 0 Å². The Morgan fingerprint density at radius 1 is 1.29 bits per heavy atom. The van der Waals surface area contributed by atoms with Crippen molar-refractivity contribution >= 4 is 28.3 Å². The Labute approximate surface area is 97.7 Å². The second-order valence-electron chi connectivity index (χ2n) is 3.47. The highest BCUT2D eigenvalue weighted by Crippen LogP contribution is 2.26. The van der Waals surface area contributed by atoms with Gasteiger partial charge in [0.05, 0.1) is 17.3 Å². The van der Waals surface area contributed by atoms with Gasteiger partial charge in [-0.15, -0.1) is 0 Å². The van der Waals surface area contributed by atoms with Gasteiger partial charge in [-0.2, -0.15) is 5.26 Å². The molecule has 0 aromatic heterocycles. The highest BCUT2D eigenvalue weighted by atomic mass is 127. The van der Waals surface area contributed by atoms with Gasteiger partial charge in [-0.05, 0) is 53.6 Å². The van der Waals surface area contributed by atoms with Crippen LogP contribution in [0, 0.1) is 14.9 Å². The first-order valence-electron chi connectivity index (χ1n) is 4.76. The molecule has 14 heavy (non-hydrogen) atoms. The maximum Gasteiger partial charge on any atom is 0.0992 e. The van der Waals surface area contributed by atoms with Crippen LogP contribution in [0.5, 0.6) is 0 Å². The number of halogens is 1. The molecule has 2 rings (SSSR count). The summed E-state index contributed by atoms with van der Waals surface area (Å²) in [6.07, 6.45) is 2.58. The molecule has 0 saturated carbocycles. The van der Waals surface area contributed by atoms with Crippen LogP contribution in [0.1, 0.15) is 18.4 Å². The van der Waals surface area contributed by atoms with Gasteiger partial charge in [0.25, 0.3) is 0 Å². The Bertz CT molecular complexity index is 375. The maximum atomic E-state index is 8.75. The normalized spacial score (nSPS) is 15.6. The third-order valence-corrected chi connectivity index (χ3v) is 3.39. The number of nitriles is 1. The molecule has 72 valence electrons. The standard InChI is InChI=1S/C11H11IN2/c12-10-7-9(8-13)3-4-11(10)14-5-1-2-6-14/h3-4,7H,1-2,5-6H2. The average molecular weight is 298 g/mol. The van der Waals surface area contributed by atoms with Gasteiger partial charge in [0.15, 0.2) is 0 Å². The van der Waals surface area contributed by atoms with Crippen LogP contribution in [0.4, 0.5) is 5.69 Å². The van der Waals surface area contributed by atoms with Crippen LogP contribution in [-0.2, 0) is 0 Å². The molecular formula is C11H11IN2. The fraction of sp³-hybridized carbons (Fsp3) is 0.364. The van der Waals surface area contributed by atoms with Gasteiger partial charge >= 0.3 is 0 Å². The summed E-state index contributed by atoms with van der Waals surface area (Å²) in [5, 5.41) is 8.75. The Morgan fingerprint density at radius 3 is 2.57 bits per heavy atom. The fourth-order valence-corrected chi connectivity index (χ4v) is 2.65. The largest absolute Gasteiger partial charge is 0.371 e. The Hall–Kier alpha value is -0.760. The van der Waals surface area contributed by atoms with Crippen LogP contribution in [0.25, 0.3) is 0 Å². The van der Waals surface area contributed by atoms with Gasteiger partial charge in [0.2, 0.25) is 0 Å². The van der Waals surface area contributed by atoms with E-state index in [0.29, 0.717) is 0 Å². The van der Waals surface area contributed by atoms with Gasteiger partial charge in [-0.3, -0.25) is 0 Å². The topological polar surface area (TPSA) is 27.0 Å². The maximum absolute atomic E-state index is 8.75. The van der Waals surface area contributed by atoms with Crippen LogP contribution in [-0.4, -0.2) is 13.1 Å². The van der Waals surface area contributed by atoms with E-state index in [0.717, 1.165) is 18.7 Å². The molecule has 1 saturated heterocycles. The monoisotopic (exact) mass is 298 g/mol. The number of anilines is 1. The minimum absolute atomic E-state index is 0.748. The van der Waals surface area contributed by atoms with Gasteiger partial charge in [0, 0.05) is 16.7 Å². The van der Waals surface area contributed by atoms with Crippen molar-refractivity contribution in [3.05, 3.63) is 27.3 Å². The molecule has 2 nitrogen and oxygen atoms in total. The van der Waals surface area contributed by atoms with Crippen LogP contribution < -0.4 is 4.90 Å². The molecule has 3 heteroatoms. The van der Waals surface area contributed by atoms with Gasteiger partial charge < -0.3 is 4.90 Å². The third kappa shape index (κ3) is 1.85. The highest BCUT2D eigenvalue weighted by Gasteiger charge is 2.14. The van der Waals surface area contributed by atoms with Crippen molar-refractivity contribution in [3.63, 3.8) is 0 Å². The van der Waals surface area contributed by atoms with E-state index in [9.17, 15) is 0 Å².